The molecule has 9 heteroatoms. The number of amides is 1. The van der Waals surface area contributed by atoms with Crippen LogP contribution in [0.15, 0.2) is 48.7 Å². The molecule has 2 N–H and O–H groups in total. The summed E-state index contributed by atoms with van der Waals surface area (Å²) in [4.78, 5) is 28.9. The third-order valence-electron chi connectivity index (χ3n) is 5.64. The third-order valence-corrected chi connectivity index (χ3v) is 5.64. The lowest BCUT2D eigenvalue weighted by Gasteiger charge is -2.19. The highest BCUT2D eigenvalue weighted by Crippen LogP contribution is 2.22. The number of carbonyl (C=O) groups is 2. The lowest BCUT2D eigenvalue weighted by Crippen LogP contribution is -2.37. The number of nitrogens with one attached hydrogen (secondary N) is 1. The molecule has 3 aromatic rings. The molecule has 1 heterocycles. The van der Waals surface area contributed by atoms with E-state index in [2.05, 4.69) is 10.3 Å². The Balaban J connectivity index is 1.71. The van der Waals surface area contributed by atoms with Gasteiger partial charge in [-0.25, -0.2) is 9.37 Å². The number of ether oxygens (including phenoxy) is 1. The van der Waals surface area contributed by atoms with Gasteiger partial charge in [0.25, 0.3) is 5.91 Å². The zero-order valence-corrected chi connectivity index (χ0v) is 20.5. The average molecular weight is 493 g/mol. The standard InChI is InChI=1S/C27H29FN4O4/c1-17(14-28)36-25-9-8-21(13-22(25)15-29)27(35)30-23(10-11-33)12-19-4-6-20(7-5-19)24-16-32(3)26(31-24)18(2)34/h4-9,13,16-17,23,33H,10-12,14H2,1-3H3,(H,30,35). The van der Waals surface area contributed by atoms with Crippen LogP contribution in [0.4, 0.5) is 4.39 Å². The van der Waals surface area contributed by atoms with Crippen LogP contribution in [0, 0.1) is 11.3 Å². The molecule has 2 aromatic carbocycles. The number of ketones is 1. The molecule has 36 heavy (non-hydrogen) atoms. The number of nitriles is 1. The van der Waals surface area contributed by atoms with Gasteiger partial charge in [-0.1, -0.05) is 24.3 Å². The monoisotopic (exact) mass is 492 g/mol. The van der Waals surface area contributed by atoms with Gasteiger partial charge in [0, 0.05) is 43.9 Å². The third kappa shape index (κ3) is 6.55. The number of imidazole rings is 1. The first-order chi connectivity index (χ1) is 17.2. The number of hydrogen-bond donors (Lipinski definition) is 2. The number of aliphatic hydroxyl groups is 1. The topological polar surface area (TPSA) is 117 Å². The van der Waals surface area contributed by atoms with Crippen molar-refractivity contribution in [3.63, 3.8) is 0 Å². The summed E-state index contributed by atoms with van der Waals surface area (Å²) in [6, 6.07) is 13.7. The Labute approximate surface area is 209 Å². The molecule has 0 aliphatic rings. The van der Waals surface area contributed by atoms with E-state index >= 15 is 0 Å². The van der Waals surface area contributed by atoms with Crippen molar-refractivity contribution in [2.45, 2.75) is 38.8 Å². The summed E-state index contributed by atoms with van der Waals surface area (Å²) in [5, 5.41) is 21.8. The normalized spacial score (nSPS) is 12.4. The lowest BCUT2D eigenvalue weighted by atomic mass is 10.0. The summed E-state index contributed by atoms with van der Waals surface area (Å²) in [5.41, 5.74) is 2.90. The van der Waals surface area contributed by atoms with Gasteiger partial charge in [-0.3, -0.25) is 9.59 Å². The number of benzene rings is 2. The molecule has 2 atom stereocenters. The summed E-state index contributed by atoms with van der Waals surface area (Å²) in [6.45, 7) is 2.22. The summed E-state index contributed by atoms with van der Waals surface area (Å²) >= 11 is 0. The average Bonchev–Trinajstić information content (AvgIpc) is 3.26. The van der Waals surface area contributed by atoms with Crippen LogP contribution in [0.5, 0.6) is 5.75 Å². The second-order valence-electron chi connectivity index (χ2n) is 8.61. The van der Waals surface area contributed by atoms with E-state index in [1.54, 1.807) is 24.7 Å². The Morgan fingerprint density at radius 3 is 2.56 bits per heavy atom. The van der Waals surface area contributed by atoms with Crippen LogP contribution >= 0.6 is 0 Å². The molecule has 3 rings (SSSR count). The van der Waals surface area contributed by atoms with Gasteiger partial charge in [-0.15, -0.1) is 0 Å². The maximum Gasteiger partial charge on any atom is 0.251 e. The number of Topliss-reactive ketones (excluding diaryl/α,β-unsaturated/α-hetero) is 1. The number of nitrogens with zero attached hydrogens (tertiary/aromatic N) is 3. The van der Waals surface area contributed by atoms with Crippen LogP contribution < -0.4 is 10.1 Å². The first-order valence-corrected chi connectivity index (χ1v) is 11.6. The van der Waals surface area contributed by atoms with Crippen LogP contribution in [0.25, 0.3) is 11.3 Å². The quantitative estimate of drug-likeness (QED) is 0.395. The number of carbonyl (C=O) groups excluding carboxylic acids is 2. The van der Waals surface area contributed by atoms with Crippen LogP contribution in [0.3, 0.4) is 0 Å². The van der Waals surface area contributed by atoms with Gasteiger partial charge < -0.3 is 19.7 Å². The molecule has 0 saturated carbocycles. The van der Waals surface area contributed by atoms with Gasteiger partial charge >= 0.3 is 0 Å². The van der Waals surface area contributed by atoms with Crippen molar-refractivity contribution >= 4 is 11.7 Å². The fourth-order valence-electron chi connectivity index (χ4n) is 3.79. The zero-order chi connectivity index (χ0) is 26.2. The van der Waals surface area contributed by atoms with Crippen molar-refractivity contribution in [3.8, 4) is 23.1 Å². The number of aromatic nitrogens is 2. The van der Waals surface area contributed by atoms with Gasteiger partial charge in [-0.05, 0) is 43.5 Å². The van der Waals surface area contributed by atoms with Crippen molar-refractivity contribution in [2.75, 3.05) is 13.3 Å². The van der Waals surface area contributed by atoms with Crippen molar-refractivity contribution in [2.24, 2.45) is 7.05 Å². The Kier molecular flexibility index (Phi) is 8.92. The lowest BCUT2D eigenvalue weighted by molar-refractivity contribution is 0.0929. The molecule has 1 amide bonds. The van der Waals surface area contributed by atoms with E-state index in [1.807, 2.05) is 30.3 Å². The second kappa shape index (κ2) is 12.1. The number of halogens is 1. The minimum atomic E-state index is -0.703. The van der Waals surface area contributed by atoms with Crippen molar-refractivity contribution in [1.82, 2.24) is 14.9 Å². The number of alkyl halides is 1. The molecular formula is C27H29FN4O4. The van der Waals surface area contributed by atoms with Gasteiger partial charge in [0.15, 0.2) is 11.6 Å². The molecule has 2 unspecified atom stereocenters. The molecule has 188 valence electrons. The van der Waals surface area contributed by atoms with E-state index in [4.69, 9.17) is 4.74 Å². The SMILES string of the molecule is CC(=O)c1nc(-c2ccc(CC(CCO)NC(=O)c3ccc(OC(C)CF)c(C#N)c3)cc2)cn1C. The molecule has 1 aromatic heterocycles. The Bertz CT molecular complexity index is 1260. The Morgan fingerprint density at radius 1 is 1.25 bits per heavy atom. The molecule has 0 aliphatic carbocycles. The van der Waals surface area contributed by atoms with Crippen LogP contribution in [0.1, 0.15) is 52.4 Å². The molecule has 0 fully saturated rings. The minimum Gasteiger partial charge on any atom is -0.487 e. The number of rotatable bonds is 11. The fraction of sp³-hybridized carbons (Fsp3) is 0.333. The molecule has 0 spiro atoms. The van der Waals surface area contributed by atoms with Gasteiger partial charge in [0.2, 0.25) is 0 Å². The maximum atomic E-state index is 12.9. The van der Waals surface area contributed by atoms with Crippen molar-refractivity contribution < 1.29 is 23.8 Å². The molecule has 8 nitrogen and oxygen atoms in total. The number of aliphatic hydroxyl groups excluding tert-OH is 1. The zero-order valence-electron chi connectivity index (χ0n) is 20.5. The van der Waals surface area contributed by atoms with Crippen LogP contribution in [-0.2, 0) is 13.5 Å². The Morgan fingerprint density at radius 2 is 1.97 bits per heavy atom. The molecular weight excluding hydrogens is 463 g/mol. The molecule has 0 aliphatic heterocycles. The van der Waals surface area contributed by atoms with Crippen LogP contribution in [-0.4, -0.2) is 51.8 Å². The smallest absolute Gasteiger partial charge is 0.251 e. The van der Waals surface area contributed by atoms with E-state index in [0.29, 0.717) is 24.4 Å². The first-order valence-electron chi connectivity index (χ1n) is 11.6. The van der Waals surface area contributed by atoms with E-state index in [0.717, 1.165) is 11.1 Å². The highest BCUT2D eigenvalue weighted by atomic mass is 19.1. The van der Waals surface area contributed by atoms with E-state index < -0.39 is 18.7 Å². The number of aryl methyl sites for hydroxylation is 1. The summed E-state index contributed by atoms with van der Waals surface area (Å²) in [6.07, 6.45) is 1.92. The van der Waals surface area contributed by atoms with Gasteiger partial charge in [-0.2, -0.15) is 5.26 Å². The molecule has 0 saturated heterocycles. The highest BCUT2D eigenvalue weighted by molar-refractivity contribution is 5.95. The second-order valence-corrected chi connectivity index (χ2v) is 8.61. The minimum absolute atomic E-state index is 0.109. The highest BCUT2D eigenvalue weighted by Gasteiger charge is 2.17. The van der Waals surface area contributed by atoms with E-state index in [-0.39, 0.29) is 35.3 Å². The van der Waals surface area contributed by atoms with E-state index in [1.165, 1.54) is 25.1 Å². The largest absolute Gasteiger partial charge is 0.487 e. The summed E-state index contributed by atoms with van der Waals surface area (Å²) < 4.78 is 19.8. The van der Waals surface area contributed by atoms with Crippen LogP contribution in [0.2, 0.25) is 0 Å². The van der Waals surface area contributed by atoms with Crippen molar-refractivity contribution in [1.29, 1.82) is 5.26 Å². The fourth-order valence-corrected chi connectivity index (χ4v) is 3.79. The molecule has 0 radical (unpaired) electrons. The molecule has 0 bridgehead atoms. The van der Waals surface area contributed by atoms with Gasteiger partial charge in [0.05, 0.1) is 11.3 Å². The van der Waals surface area contributed by atoms with E-state index in [9.17, 15) is 24.3 Å². The maximum absolute atomic E-state index is 12.9. The summed E-state index contributed by atoms with van der Waals surface area (Å²) in [7, 11) is 1.77. The Hall–Kier alpha value is -4.03. The number of hydrogen-bond acceptors (Lipinski definition) is 6. The predicted molar refractivity (Wildman–Crippen MR) is 133 cm³/mol. The summed E-state index contributed by atoms with van der Waals surface area (Å²) in [5.74, 6) is 0.101. The van der Waals surface area contributed by atoms with Crippen molar-refractivity contribution in [3.05, 3.63) is 71.2 Å². The predicted octanol–water partition coefficient (Wildman–Crippen LogP) is 3.62. The van der Waals surface area contributed by atoms with Gasteiger partial charge in [0.1, 0.15) is 24.6 Å². The first kappa shape index (κ1) is 26.6.